The molecule has 0 spiro atoms. The van der Waals surface area contributed by atoms with E-state index >= 15 is 0 Å². The molecule has 1 unspecified atom stereocenters. The maximum absolute atomic E-state index is 12.2. The molecule has 26 heavy (non-hydrogen) atoms. The second-order valence-corrected chi connectivity index (χ2v) is 6.56. The first-order valence-corrected chi connectivity index (χ1v) is 8.61. The number of hydrogen-bond donors (Lipinski definition) is 1. The molecule has 1 N–H and O–H groups in total. The van der Waals surface area contributed by atoms with Gasteiger partial charge in [-0.05, 0) is 38.1 Å². The first-order chi connectivity index (χ1) is 12.7. The Morgan fingerprint density at radius 3 is 3.12 bits per heavy atom. The summed E-state index contributed by atoms with van der Waals surface area (Å²) in [4.78, 5) is 18.6. The van der Waals surface area contributed by atoms with Crippen LogP contribution >= 0.6 is 0 Å². The number of hydrogen-bond acceptors (Lipinski definition) is 7. The van der Waals surface area contributed by atoms with Gasteiger partial charge in [0.25, 0.3) is 5.91 Å². The van der Waals surface area contributed by atoms with E-state index in [9.17, 15) is 4.79 Å². The monoisotopic (exact) mass is 359 g/mol. The van der Waals surface area contributed by atoms with Gasteiger partial charge < -0.3 is 28.8 Å². The number of ether oxygens (including phenoxy) is 3. The Balaban J connectivity index is 1.28. The second-order valence-electron chi connectivity index (χ2n) is 6.56. The fraction of sp³-hybridized carbons (Fsp3) is 0.444. The summed E-state index contributed by atoms with van der Waals surface area (Å²) in [5, 5.41) is 2.92. The summed E-state index contributed by atoms with van der Waals surface area (Å²) >= 11 is 0. The maximum Gasteiger partial charge on any atom is 0.273 e. The van der Waals surface area contributed by atoms with Crippen molar-refractivity contribution in [3.8, 4) is 17.2 Å². The smallest absolute Gasteiger partial charge is 0.273 e. The number of nitrogens with zero attached hydrogens (tertiary/aromatic N) is 2. The molecule has 1 fully saturated rings. The SMILES string of the molecule is CN1CCC(CNC(=O)c2coc(COc3ccc4c(c3)OCO4)n2)C1. The predicted octanol–water partition coefficient (Wildman–Crippen LogP) is 1.66. The molecule has 1 aromatic heterocycles. The van der Waals surface area contributed by atoms with Crippen molar-refractivity contribution < 1.29 is 23.4 Å². The molecular weight excluding hydrogens is 338 g/mol. The topological polar surface area (TPSA) is 86.1 Å². The number of carbonyl (C=O) groups is 1. The van der Waals surface area contributed by atoms with Crippen LogP contribution in [0, 0.1) is 5.92 Å². The number of nitrogens with one attached hydrogen (secondary N) is 1. The van der Waals surface area contributed by atoms with E-state index < -0.39 is 0 Å². The minimum Gasteiger partial charge on any atom is -0.484 e. The number of benzene rings is 1. The number of aromatic nitrogens is 1. The lowest BCUT2D eigenvalue weighted by Crippen LogP contribution is -2.30. The predicted molar refractivity (Wildman–Crippen MR) is 91.3 cm³/mol. The lowest BCUT2D eigenvalue weighted by Gasteiger charge is -2.10. The minimum absolute atomic E-state index is 0.125. The van der Waals surface area contributed by atoms with Crippen LogP contribution in [0.2, 0.25) is 0 Å². The summed E-state index contributed by atoms with van der Waals surface area (Å²) in [5.74, 6) is 2.56. The lowest BCUT2D eigenvalue weighted by molar-refractivity contribution is 0.0942. The van der Waals surface area contributed by atoms with E-state index in [2.05, 4.69) is 22.2 Å². The van der Waals surface area contributed by atoms with Gasteiger partial charge in [0.05, 0.1) is 0 Å². The number of likely N-dealkylation sites (tertiary alicyclic amines) is 1. The Bertz CT molecular complexity index is 791. The standard InChI is InChI=1S/C18H21N3O5/c1-21-5-4-12(8-21)7-19-18(22)14-9-24-17(20-14)10-23-13-2-3-15-16(6-13)26-11-25-15/h2-3,6,9,12H,4-5,7-8,10-11H2,1H3,(H,19,22). The van der Waals surface area contributed by atoms with E-state index in [1.165, 1.54) is 6.26 Å². The number of fused-ring (bicyclic) bond motifs is 1. The Morgan fingerprint density at radius 2 is 2.27 bits per heavy atom. The second kappa shape index (κ2) is 7.25. The quantitative estimate of drug-likeness (QED) is 0.839. The molecule has 4 rings (SSSR count). The van der Waals surface area contributed by atoms with Crippen molar-refractivity contribution >= 4 is 5.91 Å². The molecule has 1 amide bonds. The van der Waals surface area contributed by atoms with Crippen molar-refractivity contribution in [1.29, 1.82) is 0 Å². The van der Waals surface area contributed by atoms with Gasteiger partial charge in [0.2, 0.25) is 12.7 Å². The average Bonchev–Trinajstić information content (AvgIpc) is 3.38. The number of carbonyl (C=O) groups excluding carboxylic acids is 1. The van der Waals surface area contributed by atoms with Gasteiger partial charge in [0.1, 0.15) is 12.0 Å². The molecule has 0 saturated carbocycles. The molecule has 8 nitrogen and oxygen atoms in total. The van der Waals surface area contributed by atoms with Gasteiger partial charge in [-0.2, -0.15) is 0 Å². The number of amides is 1. The van der Waals surface area contributed by atoms with Crippen molar-refractivity contribution in [2.75, 3.05) is 33.5 Å². The van der Waals surface area contributed by atoms with Crippen LogP contribution in [-0.2, 0) is 6.61 Å². The zero-order chi connectivity index (χ0) is 17.9. The molecule has 2 aromatic rings. The molecule has 0 radical (unpaired) electrons. The van der Waals surface area contributed by atoms with Crippen molar-refractivity contribution in [3.63, 3.8) is 0 Å². The van der Waals surface area contributed by atoms with Crippen molar-refractivity contribution in [2.24, 2.45) is 5.92 Å². The summed E-state index contributed by atoms with van der Waals surface area (Å²) < 4.78 is 21.5. The highest BCUT2D eigenvalue weighted by Gasteiger charge is 2.21. The molecule has 0 aliphatic carbocycles. The van der Waals surface area contributed by atoms with Gasteiger partial charge >= 0.3 is 0 Å². The normalized spacial score (nSPS) is 18.9. The molecule has 3 heterocycles. The van der Waals surface area contributed by atoms with Crippen molar-refractivity contribution in [1.82, 2.24) is 15.2 Å². The van der Waals surface area contributed by atoms with Gasteiger partial charge in [-0.25, -0.2) is 4.98 Å². The van der Waals surface area contributed by atoms with E-state index in [4.69, 9.17) is 18.6 Å². The van der Waals surface area contributed by atoms with Gasteiger partial charge in [-0.1, -0.05) is 0 Å². The largest absolute Gasteiger partial charge is 0.484 e. The third kappa shape index (κ3) is 3.75. The molecule has 0 bridgehead atoms. The zero-order valence-corrected chi connectivity index (χ0v) is 14.6. The van der Waals surface area contributed by atoms with E-state index in [1.54, 1.807) is 18.2 Å². The molecule has 1 saturated heterocycles. The van der Waals surface area contributed by atoms with Gasteiger partial charge in [0, 0.05) is 19.2 Å². The number of oxazole rings is 1. The van der Waals surface area contributed by atoms with Crippen LogP contribution in [0.5, 0.6) is 17.2 Å². The average molecular weight is 359 g/mol. The third-order valence-corrected chi connectivity index (χ3v) is 4.53. The summed E-state index contributed by atoms with van der Waals surface area (Å²) in [6.07, 6.45) is 2.46. The summed E-state index contributed by atoms with van der Waals surface area (Å²) in [5.41, 5.74) is 0.264. The Kier molecular flexibility index (Phi) is 4.66. The molecule has 2 aliphatic heterocycles. The van der Waals surface area contributed by atoms with E-state index in [1.807, 2.05) is 0 Å². The van der Waals surface area contributed by atoms with Gasteiger partial charge in [-0.3, -0.25) is 4.79 Å². The minimum atomic E-state index is -0.224. The van der Waals surface area contributed by atoms with Crippen molar-refractivity contribution in [2.45, 2.75) is 13.0 Å². The zero-order valence-electron chi connectivity index (χ0n) is 14.6. The van der Waals surface area contributed by atoms with Crippen LogP contribution in [0.4, 0.5) is 0 Å². The van der Waals surface area contributed by atoms with Gasteiger partial charge in [-0.15, -0.1) is 0 Å². The van der Waals surface area contributed by atoms with Crippen LogP contribution in [0.3, 0.4) is 0 Å². The van der Waals surface area contributed by atoms with Crippen LogP contribution in [0.25, 0.3) is 0 Å². The van der Waals surface area contributed by atoms with Gasteiger partial charge in [0.15, 0.2) is 23.8 Å². The van der Waals surface area contributed by atoms with Crippen molar-refractivity contribution in [3.05, 3.63) is 36.0 Å². The third-order valence-electron chi connectivity index (χ3n) is 4.53. The molecule has 8 heteroatoms. The first-order valence-electron chi connectivity index (χ1n) is 8.61. The molecular formula is C18H21N3O5. The van der Waals surface area contributed by atoms with Crippen LogP contribution in [0.1, 0.15) is 22.8 Å². The molecule has 2 aliphatic rings. The fourth-order valence-corrected chi connectivity index (χ4v) is 3.11. The maximum atomic E-state index is 12.2. The Labute approximate surface area is 151 Å². The molecule has 138 valence electrons. The Hall–Kier alpha value is -2.74. The number of rotatable bonds is 6. The van der Waals surface area contributed by atoms with Crippen LogP contribution in [0.15, 0.2) is 28.9 Å². The highest BCUT2D eigenvalue weighted by Crippen LogP contribution is 2.35. The lowest BCUT2D eigenvalue weighted by atomic mass is 10.1. The molecule has 1 aromatic carbocycles. The molecule has 1 atom stereocenters. The summed E-state index contributed by atoms with van der Waals surface area (Å²) in [6.45, 7) is 3.08. The van der Waals surface area contributed by atoms with Crippen LogP contribution < -0.4 is 19.5 Å². The fourth-order valence-electron chi connectivity index (χ4n) is 3.11. The summed E-state index contributed by atoms with van der Waals surface area (Å²) in [6, 6.07) is 5.31. The van der Waals surface area contributed by atoms with E-state index in [-0.39, 0.29) is 25.0 Å². The highest BCUT2D eigenvalue weighted by atomic mass is 16.7. The van der Waals surface area contributed by atoms with Crippen LogP contribution in [-0.4, -0.2) is 49.3 Å². The Morgan fingerprint density at radius 1 is 1.38 bits per heavy atom. The first kappa shape index (κ1) is 16.7. The highest BCUT2D eigenvalue weighted by molar-refractivity contribution is 5.91. The van der Waals surface area contributed by atoms with E-state index in [0.717, 1.165) is 19.5 Å². The van der Waals surface area contributed by atoms with E-state index in [0.29, 0.717) is 35.6 Å². The summed E-state index contributed by atoms with van der Waals surface area (Å²) in [7, 11) is 2.09.